The smallest absolute Gasteiger partial charge is 0.233 e. The van der Waals surface area contributed by atoms with Gasteiger partial charge in [0.15, 0.2) is 11.5 Å². The van der Waals surface area contributed by atoms with E-state index in [2.05, 4.69) is 4.90 Å². The molecular weight excluding hydrogens is 328 g/mol. The van der Waals surface area contributed by atoms with Crippen molar-refractivity contribution >= 4 is 17.7 Å². The molecule has 1 aromatic rings. The van der Waals surface area contributed by atoms with Crippen LogP contribution in [0.5, 0.6) is 17.2 Å². The molecule has 1 saturated heterocycles. The molecule has 0 aliphatic carbocycles. The third-order valence-electron chi connectivity index (χ3n) is 3.97. The normalized spacial score (nSPS) is 17.5. The molecule has 1 unspecified atom stereocenters. The molecule has 6 nitrogen and oxygen atoms in total. The first kappa shape index (κ1) is 18.7. The zero-order valence-electron chi connectivity index (χ0n) is 15.0. The second-order valence-electron chi connectivity index (χ2n) is 5.86. The van der Waals surface area contributed by atoms with E-state index in [1.54, 1.807) is 33.1 Å². The van der Waals surface area contributed by atoms with Gasteiger partial charge in [-0.2, -0.15) is 0 Å². The monoisotopic (exact) mass is 354 g/mol. The highest BCUT2D eigenvalue weighted by atomic mass is 32.2. The average Bonchev–Trinajstić information content (AvgIpc) is 2.94. The Morgan fingerprint density at radius 3 is 2.33 bits per heavy atom. The van der Waals surface area contributed by atoms with Crippen molar-refractivity contribution in [3.63, 3.8) is 0 Å². The van der Waals surface area contributed by atoms with Crippen LogP contribution >= 0.6 is 11.8 Å². The van der Waals surface area contributed by atoms with Crippen LogP contribution in [0.25, 0.3) is 0 Å². The Bertz CT molecular complexity index is 580. The van der Waals surface area contributed by atoms with Crippen molar-refractivity contribution in [2.75, 3.05) is 54.3 Å². The van der Waals surface area contributed by atoms with Gasteiger partial charge in [0.05, 0.1) is 27.1 Å². The lowest BCUT2D eigenvalue weighted by molar-refractivity contribution is -0.128. The number of ether oxygens (including phenoxy) is 3. The van der Waals surface area contributed by atoms with Gasteiger partial charge in [-0.05, 0) is 33.1 Å². The second kappa shape index (κ2) is 8.48. The number of amides is 1. The third kappa shape index (κ3) is 4.08. The van der Waals surface area contributed by atoms with E-state index in [0.29, 0.717) is 23.0 Å². The molecular formula is C17H26N2O4S. The summed E-state index contributed by atoms with van der Waals surface area (Å²) >= 11 is 1.62. The maximum atomic E-state index is 12.3. The van der Waals surface area contributed by atoms with Gasteiger partial charge in [-0.1, -0.05) is 0 Å². The molecule has 24 heavy (non-hydrogen) atoms. The summed E-state index contributed by atoms with van der Waals surface area (Å²) in [6.07, 6.45) is 0.936. The molecule has 0 N–H and O–H groups in total. The van der Waals surface area contributed by atoms with Crippen molar-refractivity contribution in [1.82, 2.24) is 9.80 Å². The summed E-state index contributed by atoms with van der Waals surface area (Å²) in [6.45, 7) is 1.68. The highest BCUT2D eigenvalue weighted by molar-refractivity contribution is 8.00. The number of nitrogens with zero attached hydrogens (tertiary/aromatic N) is 2. The van der Waals surface area contributed by atoms with Crippen LogP contribution in [0.1, 0.15) is 17.4 Å². The van der Waals surface area contributed by atoms with Crippen molar-refractivity contribution in [3.8, 4) is 17.2 Å². The Labute approximate surface area is 148 Å². The Morgan fingerprint density at radius 1 is 1.12 bits per heavy atom. The molecule has 2 rings (SSSR count). The predicted octanol–water partition coefficient (Wildman–Crippen LogP) is 2.24. The van der Waals surface area contributed by atoms with Crippen molar-refractivity contribution in [2.45, 2.75) is 11.8 Å². The van der Waals surface area contributed by atoms with E-state index in [1.165, 1.54) is 0 Å². The molecule has 1 aliphatic rings. The number of thioether (sulfide) groups is 1. The van der Waals surface area contributed by atoms with Crippen LogP contribution in [0.3, 0.4) is 0 Å². The van der Waals surface area contributed by atoms with Crippen molar-refractivity contribution < 1.29 is 19.0 Å². The van der Waals surface area contributed by atoms with Gasteiger partial charge in [-0.3, -0.25) is 4.79 Å². The summed E-state index contributed by atoms with van der Waals surface area (Å²) in [5.74, 6) is 2.62. The van der Waals surface area contributed by atoms with E-state index in [-0.39, 0.29) is 11.3 Å². The molecule has 1 atom stereocenters. The number of rotatable bonds is 8. The molecule has 1 heterocycles. The Kier molecular flexibility index (Phi) is 6.62. The van der Waals surface area contributed by atoms with Gasteiger partial charge < -0.3 is 24.0 Å². The van der Waals surface area contributed by atoms with Crippen LogP contribution in [0.2, 0.25) is 0 Å². The van der Waals surface area contributed by atoms with Gasteiger partial charge in [0.25, 0.3) is 0 Å². The van der Waals surface area contributed by atoms with E-state index in [0.717, 1.165) is 25.1 Å². The Morgan fingerprint density at radius 2 is 1.75 bits per heavy atom. The van der Waals surface area contributed by atoms with E-state index in [4.69, 9.17) is 14.2 Å². The van der Waals surface area contributed by atoms with Gasteiger partial charge >= 0.3 is 0 Å². The van der Waals surface area contributed by atoms with Gasteiger partial charge in [0, 0.05) is 18.2 Å². The fourth-order valence-corrected chi connectivity index (χ4v) is 3.99. The second-order valence-corrected chi connectivity index (χ2v) is 6.92. The zero-order chi connectivity index (χ0) is 17.7. The third-order valence-corrected chi connectivity index (χ3v) is 5.21. The van der Waals surface area contributed by atoms with Crippen LogP contribution in [0.4, 0.5) is 0 Å². The summed E-state index contributed by atoms with van der Waals surface area (Å²) in [4.78, 5) is 16.4. The number of hydrogen-bond acceptors (Lipinski definition) is 6. The number of carbonyl (C=O) groups excluding carboxylic acids is 1. The van der Waals surface area contributed by atoms with Crippen LogP contribution in [0, 0.1) is 0 Å². The first-order valence-electron chi connectivity index (χ1n) is 7.87. The molecule has 1 amide bonds. The van der Waals surface area contributed by atoms with Crippen molar-refractivity contribution in [2.24, 2.45) is 0 Å². The minimum absolute atomic E-state index is 0.0607. The Hall–Kier alpha value is -1.60. The molecule has 1 aliphatic heterocycles. The molecule has 0 spiro atoms. The predicted molar refractivity (Wildman–Crippen MR) is 96.2 cm³/mol. The molecule has 1 aromatic carbocycles. The SMILES string of the molecule is COc1cc(OC)c(C2SCC(=O)N2CCCN(C)C)cc1OC. The highest BCUT2D eigenvalue weighted by Crippen LogP contribution is 2.46. The van der Waals surface area contributed by atoms with Gasteiger partial charge in [0.2, 0.25) is 5.91 Å². The summed E-state index contributed by atoms with van der Waals surface area (Å²) in [5.41, 5.74) is 0.941. The molecule has 0 saturated carbocycles. The van der Waals surface area contributed by atoms with Gasteiger partial charge in [-0.25, -0.2) is 0 Å². The first-order valence-corrected chi connectivity index (χ1v) is 8.92. The van der Waals surface area contributed by atoms with E-state index in [9.17, 15) is 4.79 Å². The molecule has 0 aromatic heterocycles. The lowest BCUT2D eigenvalue weighted by atomic mass is 10.1. The number of methoxy groups -OCH3 is 3. The minimum atomic E-state index is -0.0607. The standard InChI is InChI=1S/C17H26N2O4S/c1-18(2)7-6-8-19-16(20)11-24-17(19)12-9-14(22-4)15(23-5)10-13(12)21-3/h9-10,17H,6-8,11H2,1-5H3. The average molecular weight is 354 g/mol. The molecule has 1 fully saturated rings. The number of hydrogen-bond donors (Lipinski definition) is 0. The maximum absolute atomic E-state index is 12.3. The molecule has 0 bridgehead atoms. The quantitative estimate of drug-likeness (QED) is 0.714. The van der Waals surface area contributed by atoms with E-state index >= 15 is 0 Å². The molecule has 134 valence electrons. The van der Waals surface area contributed by atoms with Crippen LogP contribution in [0.15, 0.2) is 12.1 Å². The van der Waals surface area contributed by atoms with Crippen LogP contribution < -0.4 is 14.2 Å². The maximum Gasteiger partial charge on any atom is 0.233 e. The lowest BCUT2D eigenvalue weighted by Gasteiger charge is -2.26. The molecule has 7 heteroatoms. The summed E-state index contributed by atoms with van der Waals surface area (Å²) in [5, 5.41) is -0.0607. The minimum Gasteiger partial charge on any atom is -0.496 e. The topological polar surface area (TPSA) is 51.2 Å². The summed E-state index contributed by atoms with van der Waals surface area (Å²) in [6, 6.07) is 3.72. The Balaban J connectivity index is 2.28. The summed E-state index contributed by atoms with van der Waals surface area (Å²) < 4.78 is 16.3. The fourth-order valence-electron chi connectivity index (χ4n) is 2.76. The highest BCUT2D eigenvalue weighted by Gasteiger charge is 2.35. The van der Waals surface area contributed by atoms with Gasteiger partial charge in [-0.15, -0.1) is 11.8 Å². The summed E-state index contributed by atoms with van der Waals surface area (Å²) in [7, 11) is 8.90. The number of carbonyl (C=O) groups is 1. The van der Waals surface area contributed by atoms with Gasteiger partial charge in [0.1, 0.15) is 11.1 Å². The van der Waals surface area contributed by atoms with Crippen LogP contribution in [-0.4, -0.2) is 70.0 Å². The van der Waals surface area contributed by atoms with E-state index in [1.807, 2.05) is 31.1 Å². The molecule has 0 radical (unpaired) electrons. The van der Waals surface area contributed by atoms with Crippen LogP contribution in [-0.2, 0) is 4.79 Å². The largest absolute Gasteiger partial charge is 0.496 e. The van der Waals surface area contributed by atoms with Crippen molar-refractivity contribution in [1.29, 1.82) is 0 Å². The number of benzene rings is 1. The van der Waals surface area contributed by atoms with Crippen molar-refractivity contribution in [3.05, 3.63) is 17.7 Å². The van der Waals surface area contributed by atoms with E-state index < -0.39 is 0 Å². The lowest BCUT2D eigenvalue weighted by Crippen LogP contribution is -2.31. The first-order chi connectivity index (χ1) is 11.5. The fraction of sp³-hybridized carbons (Fsp3) is 0.588. The zero-order valence-corrected chi connectivity index (χ0v) is 15.8.